The summed E-state index contributed by atoms with van der Waals surface area (Å²) in [5, 5.41) is 0. The maximum absolute atomic E-state index is 5.47. The molecule has 0 bridgehead atoms. The lowest BCUT2D eigenvalue weighted by Gasteiger charge is -2.39. The Morgan fingerprint density at radius 1 is 1.20 bits per heavy atom. The fourth-order valence-electron chi connectivity index (χ4n) is 4.39. The highest BCUT2D eigenvalue weighted by Crippen LogP contribution is 2.44. The fourth-order valence-corrected chi connectivity index (χ4v) is 4.39. The molecule has 0 aromatic rings. The molecule has 0 aromatic heterocycles. The second-order valence-corrected chi connectivity index (χ2v) is 7.82. The highest BCUT2D eigenvalue weighted by molar-refractivity contribution is 4.99. The second-order valence-electron chi connectivity index (χ2n) is 7.82. The molecule has 3 aliphatic rings. The molecule has 0 aromatic carbocycles. The van der Waals surface area contributed by atoms with Crippen LogP contribution in [0.5, 0.6) is 0 Å². The van der Waals surface area contributed by atoms with Crippen molar-refractivity contribution in [1.82, 2.24) is 9.80 Å². The third-order valence-corrected chi connectivity index (χ3v) is 5.81. The summed E-state index contributed by atoms with van der Waals surface area (Å²) in [5.74, 6) is 1.04. The highest BCUT2D eigenvalue weighted by Gasteiger charge is 2.46. The standard InChI is InChI=1S/C17H32N2O/c1-14(2)19-13-17(10-16(19)12-20-3)6-8-18(9-7-17)11-15-4-5-15/h14-16H,4-13H2,1-3H3. The van der Waals surface area contributed by atoms with Gasteiger partial charge in [0.2, 0.25) is 0 Å². The molecule has 1 aliphatic carbocycles. The molecule has 1 unspecified atom stereocenters. The minimum absolute atomic E-state index is 0.591. The van der Waals surface area contributed by atoms with E-state index in [0.29, 0.717) is 17.5 Å². The number of hydrogen-bond acceptors (Lipinski definition) is 3. The Morgan fingerprint density at radius 2 is 1.90 bits per heavy atom. The molecule has 0 amide bonds. The van der Waals surface area contributed by atoms with E-state index >= 15 is 0 Å². The Morgan fingerprint density at radius 3 is 2.45 bits per heavy atom. The minimum Gasteiger partial charge on any atom is -0.383 e. The van der Waals surface area contributed by atoms with Crippen LogP contribution in [0.4, 0.5) is 0 Å². The third kappa shape index (κ3) is 3.20. The van der Waals surface area contributed by atoms with E-state index in [0.717, 1.165) is 12.5 Å². The van der Waals surface area contributed by atoms with Gasteiger partial charge >= 0.3 is 0 Å². The maximum Gasteiger partial charge on any atom is 0.0618 e. The highest BCUT2D eigenvalue weighted by atomic mass is 16.5. The summed E-state index contributed by atoms with van der Waals surface area (Å²) >= 11 is 0. The topological polar surface area (TPSA) is 15.7 Å². The van der Waals surface area contributed by atoms with Gasteiger partial charge in [-0.25, -0.2) is 0 Å². The van der Waals surface area contributed by atoms with Crippen molar-refractivity contribution in [1.29, 1.82) is 0 Å². The van der Waals surface area contributed by atoms with Crippen LogP contribution in [0, 0.1) is 11.3 Å². The Hall–Kier alpha value is -0.120. The average Bonchev–Trinajstić information content (AvgIpc) is 3.16. The quantitative estimate of drug-likeness (QED) is 0.770. The summed E-state index contributed by atoms with van der Waals surface area (Å²) in [6, 6.07) is 1.30. The summed E-state index contributed by atoms with van der Waals surface area (Å²) in [4.78, 5) is 5.42. The lowest BCUT2D eigenvalue weighted by Crippen LogP contribution is -2.43. The first kappa shape index (κ1) is 14.8. The Labute approximate surface area is 124 Å². The van der Waals surface area contributed by atoms with Crippen LogP contribution in [0.25, 0.3) is 0 Å². The van der Waals surface area contributed by atoms with Gasteiger partial charge in [0.05, 0.1) is 6.61 Å². The number of rotatable bonds is 5. The number of likely N-dealkylation sites (tertiary alicyclic amines) is 2. The molecule has 20 heavy (non-hydrogen) atoms. The molecule has 3 nitrogen and oxygen atoms in total. The zero-order chi connectivity index (χ0) is 14.2. The van der Waals surface area contributed by atoms with E-state index in [1.807, 2.05) is 7.11 Å². The largest absolute Gasteiger partial charge is 0.383 e. The first-order chi connectivity index (χ1) is 9.62. The van der Waals surface area contributed by atoms with Crippen LogP contribution in [0.15, 0.2) is 0 Å². The van der Waals surface area contributed by atoms with Crippen molar-refractivity contribution < 1.29 is 4.74 Å². The van der Waals surface area contributed by atoms with Gasteiger partial charge in [-0.15, -0.1) is 0 Å². The number of piperidine rings is 1. The van der Waals surface area contributed by atoms with Crippen LogP contribution in [0.1, 0.15) is 46.0 Å². The van der Waals surface area contributed by atoms with Crippen molar-refractivity contribution in [2.75, 3.05) is 39.9 Å². The van der Waals surface area contributed by atoms with E-state index in [-0.39, 0.29) is 0 Å². The molecule has 3 fully saturated rings. The normalized spacial score (nSPS) is 31.5. The van der Waals surface area contributed by atoms with Crippen molar-refractivity contribution in [3.05, 3.63) is 0 Å². The smallest absolute Gasteiger partial charge is 0.0618 e. The molecule has 0 radical (unpaired) electrons. The van der Waals surface area contributed by atoms with Crippen LogP contribution in [0.2, 0.25) is 0 Å². The molecule has 1 spiro atoms. The van der Waals surface area contributed by atoms with Crippen molar-refractivity contribution in [3.8, 4) is 0 Å². The molecule has 0 N–H and O–H groups in total. The lowest BCUT2D eigenvalue weighted by atomic mass is 9.76. The minimum atomic E-state index is 0.591. The Bertz CT molecular complexity index is 319. The third-order valence-electron chi connectivity index (χ3n) is 5.81. The molecule has 2 saturated heterocycles. The van der Waals surface area contributed by atoms with Crippen LogP contribution < -0.4 is 0 Å². The molecule has 3 heteroatoms. The van der Waals surface area contributed by atoms with E-state index in [4.69, 9.17) is 4.74 Å². The van der Waals surface area contributed by atoms with Crippen LogP contribution in [-0.4, -0.2) is 61.8 Å². The van der Waals surface area contributed by atoms with Gasteiger partial charge in [-0.05, 0) is 70.4 Å². The first-order valence-electron chi connectivity index (χ1n) is 8.59. The lowest BCUT2D eigenvalue weighted by molar-refractivity contribution is 0.0922. The van der Waals surface area contributed by atoms with Gasteiger partial charge in [0.15, 0.2) is 0 Å². The molecule has 116 valence electrons. The van der Waals surface area contributed by atoms with Crippen LogP contribution >= 0.6 is 0 Å². The molecular weight excluding hydrogens is 248 g/mol. The summed E-state index contributed by atoms with van der Waals surface area (Å²) in [6.45, 7) is 10.9. The van der Waals surface area contributed by atoms with E-state index < -0.39 is 0 Å². The van der Waals surface area contributed by atoms with Crippen molar-refractivity contribution in [2.24, 2.45) is 11.3 Å². The van der Waals surface area contributed by atoms with Gasteiger partial charge in [-0.2, -0.15) is 0 Å². The fraction of sp³-hybridized carbons (Fsp3) is 1.00. The molecule has 2 heterocycles. The predicted octanol–water partition coefficient (Wildman–Crippen LogP) is 2.61. The van der Waals surface area contributed by atoms with E-state index in [1.54, 1.807) is 0 Å². The van der Waals surface area contributed by atoms with E-state index in [1.165, 1.54) is 58.3 Å². The van der Waals surface area contributed by atoms with Gasteiger partial charge < -0.3 is 9.64 Å². The van der Waals surface area contributed by atoms with E-state index in [2.05, 4.69) is 23.6 Å². The number of methoxy groups -OCH3 is 1. The van der Waals surface area contributed by atoms with E-state index in [9.17, 15) is 0 Å². The average molecular weight is 280 g/mol. The molecular formula is C17H32N2O. The zero-order valence-electron chi connectivity index (χ0n) is 13.6. The van der Waals surface area contributed by atoms with Gasteiger partial charge in [0.25, 0.3) is 0 Å². The van der Waals surface area contributed by atoms with Crippen LogP contribution in [-0.2, 0) is 4.74 Å². The zero-order valence-corrected chi connectivity index (χ0v) is 13.6. The summed E-state index contributed by atoms with van der Waals surface area (Å²) in [7, 11) is 1.85. The second kappa shape index (κ2) is 5.94. The van der Waals surface area contributed by atoms with Crippen molar-refractivity contribution in [2.45, 2.75) is 58.0 Å². The van der Waals surface area contributed by atoms with Gasteiger partial charge in [-0.1, -0.05) is 0 Å². The summed E-state index contributed by atoms with van der Waals surface area (Å²) in [5.41, 5.74) is 0.591. The number of nitrogens with zero attached hydrogens (tertiary/aromatic N) is 2. The Kier molecular flexibility index (Phi) is 4.40. The van der Waals surface area contributed by atoms with Crippen molar-refractivity contribution in [3.63, 3.8) is 0 Å². The summed E-state index contributed by atoms with van der Waals surface area (Å²) < 4.78 is 5.47. The monoisotopic (exact) mass is 280 g/mol. The van der Waals surface area contributed by atoms with Gasteiger partial charge in [0.1, 0.15) is 0 Å². The molecule has 1 atom stereocenters. The SMILES string of the molecule is COCC1CC2(CCN(CC3CC3)CC2)CN1C(C)C. The van der Waals surface area contributed by atoms with Crippen molar-refractivity contribution >= 4 is 0 Å². The maximum atomic E-state index is 5.47. The Balaban J connectivity index is 1.56. The summed E-state index contributed by atoms with van der Waals surface area (Å²) in [6.07, 6.45) is 7.14. The number of ether oxygens (including phenoxy) is 1. The number of hydrogen-bond donors (Lipinski definition) is 0. The van der Waals surface area contributed by atoms with Gasteiger partial charge in [0, 0.05) is 32.3 Å². The molecule has 1 saturated carbocycles. The first-order valence-corrected chi connectivity index (χ1v) is 8.59. The predicted molar refractivity (Wildman–Crippen MR) is 83.0 cm³/mol. The molecule has 3 rings (SSSR count). The van der Waals surface area contributed by atoms with Crippen LogP contribution in [0.3, 0.4) is 0 Å². The van der Waals surface area contributed by atoms with Gasteiger partial charge in [-0.3, -0.25) is 4.90 Å². The molecule has 2 aliphatic heterocycles.